The summed E-state index contributed by atoms with van der Waals surface area (Å²) in [6.07, 6.45) is -4.67. The van der Waals surface area contributed by atoms with Crippen LogP contribution in [-0.2, 0) is 11.0 Å². The number of hydrogen-bond acceptors (Lipinski definition) is 6. The van der Waals surface area contributed by atoms with Crippen LogP contribution >= 0.6 is 11.8 Å². The molecule has 0 radical (unpaired) electrons. The molecule has 0 aliphatic carbocycles. The van der Waals surface area contributed by atoms with E-state index in [1.165, 1.54) is 4.90 Å². The lowest BCUT2D eigenvalue weighted by atomic mass is 10.1. The van der Waals surface area contributed by atoms with Crippen LogP contribution in [0.5, 0.6) is 0 Å². The minimum atomic E-state index is -4.67. The Morgan fingerprint density at radius 2 is 1.86 bits per heavy atom. The molecule has 2 aliphatic heterocycles. The maximum absolute atomic E-state index is 12.8. The number of nitrogens with zero attached hydrogens (tertiary/aromatic N) is 4. The fraction of sp³-hybridized carbons (Fsp3) is 0.500. The molecule has 2 saturated heterocycles. The van der Waals surface area contributed by atoms with Gasteiger partial charge in [0, 0.05) is 44.5 Å². The van der Waals surface area contributed by atoms with Crippen molar-refractivity contribution in [1.29, 1.82) is 0 Å². The van der Waals surface area contributed by atoms with Crippen LogP contribution in [0.4, 0.5) is 29.3 Å². The van der Waals surface area contributed by atoms with Crippen molar-refractivity contribution in [1.82, 2.24) is 9.80 Å². The number of hydrogen-bond donors (Lipinski definition) is 0. The topological polar surface area (TPSA) is 87.0 Å². The van der Waals surface area contributed by atoms with Crippen LogP contribution in [-0.4, -0.2) is 70.9 Å². The molecule has 0 saturated carbocycles. The van der Waals surface area contributed by atoms with E-state index in [2.05, 4.69) is 0 Å². The van der Waals surface area contributed by atoms with E-state index in [0.29, 0.717) is 18.4 Å². The molecule has 0 spiro atoms. The van der Waals surface area contributed by atoms with E-state index in [4.69, 9.17) is 0 Å². The number of benzene rings is 1. The average molecular weight is 418 g/mol. The van der Waals surface area contributed by atoms with E-state index < -0.39 is 22.4 Å². The maximum atomic E-state index is 12.8. The van der Waals surface area contributed by atoms with Gasteiger partial charge in [-0.2, -0.15) is 13.2 Å². The molecule has 28 heavy (non-hydrogen) atoms. The maximum Gasteiger partial charge on any atom is 0.416 e. The van der Waals surface area contributed by atoms with Crippen LogP contribution in [0.25, 0.3) is 0 Å². The summed E-state index contributed by atoms with van der Waals surface area (Å²) in [7, 11) is 0. The Bertz CT molecular complexity index is 797. The summed E-state index contributed by atoms with van der Waals surface area (Å²) >= 11 is 1.16. The first-order valence-electron chi connectivity index (χ1n) is 8.47. The third-order valence-electron chi connectivity index (χ3n) is 4.64. The smallest absolute Gasteiger partial charge is 0.362 e. The summed E-state index contributed by atoms with van der Waals surface area (Å²) in [5.41, 5.74) is -1.60. The second-order valence-electron chi connectivity index (χ2n) is 6.36. The van der Waals surface area contributed by atoms with E-state index in [9.17, 15) is 32.9 Å². The van der Waals surface area contributed by atoms with Gasteiger partial charge in [-0.1, -0.05) is 11.8 Å². The molecule has 0 aromatic heterocycles. The first kappa shape index (κ1) is 20.2. The van der Waals surface area contributed by atoms with Crippen LogP contribution < -0.4 is 4.90 Å². The van der Waals surface area contributed by atoms with Crippen molar-refractivity contribution in [2.75, 3.05) is 49.9 Å². The highest BCUT2D eigenvalue weighted by molar-refractivity contribution is 8.13. The zero-order valence-electron chi connectivity index (χ0n) is 14.6. The number of alkyl halides is 3. The Morgan fingerprint density at radius 1 is 1.18 bits per heavy atom. The molecule has 0 N–H and O–H groups in total. The molecular weight excluding hydrogens is 401 g/mol. The van der Waals surface area contributed by atoms with Crippen molar-refractivity contribution in [2.24, 2.45) is 0 Å². The monoisotopic (exact) mass is 418 g/mol. The van der Waals surface area contributed by atoms with Crippen molar-refractivity contribution in [2.45, 2.75) is 6.18 Å². The predicted octanol–water partition coefficient (Wildman–Crippen LogP) is 2.43. The number of carbonyl (C=O) groups is 2. The number of piperazine rings is 1. The lowest BCUT2D eigenvalue weighted by Gasteiger charge is -2.36. The summed E-state index contributed by atoms with van der Waals surface area (Å²) in [6, 6.07) is 2.44. The quantitative estimate of drug-likeness (QED) is 0.551. The van der Waals surface area contributed by atoms with Gasteiger partial charge in [-0.25, -0.2) is 0 Å². The first-order valence-corrected chi connectivity index (χ1v) is 9.45. The van der Waals surface area contributed by atoms with Gasteiger partial charge in [0.25, 0.3) is 10.9 Å². The Morgan fingerprint density at radius 3 is 2.39 bits per heavy atom. The molecule has 0 atom stereocenters. The van der Waals surface area contributed by atoms with Crippen LogP contribution in [0, 0.1) is 10.1 Å². The lowest BCUT2D eigenvalue weighted by Crippen LogP contribution is -2.51. The van der Waals surface area contributed by atoms with Crippen LogP contribution in [0.15, 0.2) is 18.2 Å². The zero-order chi connectivity index (χ0) is 20.5. The molecular formula is C16H17F3N4O4S. The van der Waals surface area contributed by atoms with Crippen molar-refractivity contribution in [3.63, 3.8) is 0 Å². The highest BCUT2D eigenvalue weighted by Gasteiger charge is 2.34. The second kappa shape index (κ2) is 7.86. The third kappa shape index (κ3) is 4.32. The van der Waals surface area contributed by atoms with Gasteiger partial charge in [0.2, 0.25) is 5.91 Å². The second-order valence-corrected chi connectivity index (χ2v) is 7.41. The van der Waals surface area contributed by atoms with Gasteiger partial charge in [-0.3, -0.25) is 19.7 Å². The van der Waals surface area contributed by atoms with E-state index in [0.717, 1.165) is 23.9 Å². The van der Waals surface area contributed by atoms with Crippen LogP contribution in [0.3, 0.4) is 0 Å². The summed E-state index contributed by atoms with van der Waals surface area (Å²) in [6.45, 7) is 1.55. The number of carbonyl (C=O) groups excluding carboxylic acids is 2. The normalized spacial score (nSPS) is 18.0. The van der Waals surface area contributed by atoms with Crippen molar-refractivity contribution in [3.05, 3.63) is 33.9 Å². The Labute approximate surface area is 162 Å². The van der Waals surface area contributed by atoms with Gasteiger partial charge >= 0.3 is 6.18 Å². The lowest BCUT2D eigenvalue weighted by molar-refractivity contribution is -0.384. The molecule has 1 aromatic carbocycles. The minimum absolute atomic E-state index is 0.00768. The molecule has 152 valence electrons. The number of nitro benzene ring substituents is 1. The molecule has 3 rings (SSSR count). The minimum Gasteiger partial charge on any atom is -0.362 e. The van der Waals surface area contributed by atoms with Gasteiger partial charge in [0.1, 0.15) is 12.2 Å². The molecule has 0 bridgehead atoms. The fourth-order valence-electron chi connectivity index (χ4n) is 3.14. The van der Waals surface area contributed by atoms with Gasteiger partial charge in [0.05, 0.1) is 10.5 Å². The number of anilines is 1. The van der Waals surface area contributed by atoms with Gasteiger partial charge < -0.3 is 14.7 Å². The number of amides is 2. The Hall–Kier alpha value is -2.50. The van der Waals surface area contributed by atoms with Crippen molar-refractivity contribution < 1.29 is 27.7 Å². The van der Waals surface area contributed by atoms with Crippen molar-refractivity contribution in [3.8, 4) is 0 Å². The van der Waals surface area contributed by atoms with Crippen LogP contribution in [0.1, 0.15) is 5.56 Å². The highest BCUT2D eigenvalue weighted by Crippen LogP contribution is 2.36. The summed E-state index contributed by atoms with van der Waals surface area (Å²) in [5, 5.41) is 11.1. The van der Waals surface area contributed by atoms with Gasteiger partial charge in [-0.15, -0.1) is 0 Å². The standard InChI is InChI=1S/C16H17F3N4O4S/c17-16(18,19)11-1-2-12(13(9-11)23(26)27)20-3-5-21(6-4-20)14(24)10-22-7-8-28-15(22)25/h1-2,9H,3-8,10H2. The molecule has 2 aliphatic rings. The fourth-order valence-corrected chi connectivity index (χ4v) is 3.97. The molecule has 8 nitrogen and oxygen atoms in total. The number of nitro groups is 1. The van der Waals surface area contributed by atoms with E-state index in [1.54, 1.807) is 9.80 Å². The largest absolute Gasteiger partial charge is 0.416 e. The number of halogens is 3. The van der Waals surface area contributed by atoms with E-state index >= 15 is 0 Å². The summed E-state index contributed by atoms with van der Waals surface area (Å²) < 4.78 is 38.5. The SMILES string of the molecule is O=C(CN1CCSC1=O)N1CCN(c2ccc(C(F)(F)F)cc2[N+](=O)[O-])CC1. The summed E-state index contributed by atoms with van der Waals surface area (Å²) in [5.74, 6) is 0.440. The average Bonchev–Trinajstić information content (AvgIpc) is 3.05. The number of thioether (sulfide) groups is 1. The molecule has 2 amide bonds. The Kier molecular flexibility index (Phi) is 5.68. The zero-order valence-corrected chi connectivity index (χ0v) is 15.5. The Balaban J connectivity index is 1.66. The molecule has 1 aromatic rings. The highest BCUT2D eigenvalue weighted by atomic mass is 32.2. The molecule has 2 heterocycles. The molecule has 12 heteroatoms. The molecule has 2 fully saturated rings. The van der Waals surface area contributed by atoms with Crippen molar-refractivity contribution >= 4 is 34.3 Å². The predicted molar refractivity (Wildman–Crippen MR) is 96.3 cm³/mol. The third-order valence-corrected chi connectivity index (χ3v) is 5.54. The van der Waals surface area contributed by atoms with E-state index in [-0.39, 0.29) is 49.6 Å². The number of rotatable bonds is 4. The van der Waals surface area contributed by atoms with Crippen LogP contribution in [0.2, 0.25) is 0 Å². The first-order chi connectivity index (χ1) is 13.2. The van der Waals surface area contributed by atoms with E-state index in [1.807, 2.05) is 0 Å². The van der Waals surface area contributed by atoms with Gasteiger partial charge in [-0.05, 0) is 12.1 Å². The molecule has 0 unspecified atom stereocenters. The summed E-state index contributed by atoms with van der Waals surface area (Å²) in [4.78, 5) is 39.0. The van der Waals surface area contributed by atoms with Gasteiger partial charge in [0.15, 0.2) is 0 Å².